The molecule has 1 aromatic heterocycles. The van der Waals surface area contributed by atoms with Gasteiger partial charge in [-0.3, -0.25) is 0 Å². The lowest BCUT2D eigenvalue weighted by molar-refractivity contribution is -0.0271. The fourth-order valence-corrected chi connectivity index (χ4v) is 2.60. The molecule has 1 aliphatic rings. The van der Waals surface area contributed by atoms with Crippen LogP contribution in [0.5, 0.6) is 0 Å². The SMILES string of the molecule is O=C(OCc1ccccc1)N1CCOC(CNCc2ccncn2)C1. The number of carbonyl (C=O) groups excluding carboxylic acids is 1. The van der Waals surface area contributed by atoms with Crippen LogP contribution in [0, 0.1) is 0 Å². The van der Waals surface area contributed by atoms with Crippen molar-refractivity contribution in [3.05, 3.63) is 60.2 Å². The van der Waals surface area contributed by atoms with Gasteiger partial charge in [-0.15, -0.1) is 0 Å². The van der Waals surface area contributed by atoms with Crippen molar-refractivity contribution >= 4 is 6.09 Å². The van der Waals surface area contributed by atoms with Crippen molar-refractivity contribution in [1.29, 1.82) is 0 Å². The van der Waals surface area contributed by atoms with Gasteiger partial charge in [-0.25, -0.2) is 14.8 Å². The summed E-state index contributed by atoms with van der Waals surface area (Å²) < 4.78 is 11.1. The highest BCUT2D eigenvalue weighted by molar-refractivity contribution is 5.67. The number of morpholine rings is 1. The maximum atomic E-state index is 12.2. The summed E-state index contributed by atoms with van der Waals surface area (Å²) in [6.07, 6.45) is 2.89. The molecule has 2 heterocycles. The Morgan fingerprint density at radius 2 is 2.20 bits per heavy atom. The molecule has 0 spiro atoms. The molecule has 7 nitrogen and oxygen atoms in total. The fraction of sp³-hybridized carbons (Fsp3) is 0.389. The van der Waals surface area contributed by atoms with Crippen LogP contribution in [0.25, 0.3) is 0 Å². The van der Waals surface area contributed by atoms with Gasteiger partial charge in [0.2, 0.25) is 0 Å². The summed E-state index contributed by atoms with van der Waals surface area (Å²) >= 11 is 0. The van der Waals surface area contributed by atoms with Crippen molar-refractivity contribution in [3.63, 3.8) is 0 Å². The molecule has 2 aromatic rings. The third-order valence-corrected chi connectivity index (χ3v) is 3.92. The van der Waals surface area contributed by atoms with Crippen molar-refractivity contribution in [3.8, 4) is 0 Å². The first-order valence-corrected chi connectivity index (χ1v) is 8.34. The number of carbonyl (C=O) groups is 1. The maximum absolute atomic E-state index is 12.2. The van der Waals surface area contributed by atoms with Crippen molar-refractivity contribution in [2.24, 2.45) is 0 Å². The minimum atomic E-state index is -0.298. The van der Waals surface area contributed by atoms with Crippen LogP contribution in [-0.4, -0.2) is 53.3 Å². The number of nitrogens with zero attached hydrogens (tertiary/aromatic N) is 3. The molecule has 0 radical (unpaired) electrons. The van der Waals surface area contributed by atoms with Crippen LogP contribution in [0.4, 0.5) is 4.79 Å². The van der Waals surface area contributed by atoms with Gasteiger partial charge in [-0.05, 0) is 11.6 Å². The first-order valence-electron chi connectivity index (χ1n) is 8.34. The van der Waals surface area contributed by atoms with E-state index in [0.29, 0.717) is 32.8 Å². The summed E-state index contributed by atoms with van der Waals surface area (Å²) in [7, 11) is 0. The molecule has 25 heavy (non-hydrogen) atoms. The standard InChI is InChI=1S/C18H22N4O3/c23-18(25-13-15-4-2-1-3-5-15)22-8-9-24-17(12-22)11-20-10-16-6-7-19-14-21-16/h1-7,14,17,20H,8-13H2. The maximum Gasteiger partial charge on any atom is 0.410 e. The molecule has 0 bridgehead atoms. The lowest BCUT2D eigenvalue weighted by Crippen LogP contribution is -2.49. The number of ether oxygens (including phenoxy) is 2. The number of nitrogens with one attached hydrogen (secondary N) is 1. The van der Waals surface area contributed by atoms with Gasteiger partial charge in [0.1, 0.15) is 12.9 Å². The second kappa shape index (κ2) is 9.10. The van der Waals surface area contributed by atoms with Crippen molar-refractivity contribution in [2.75, 3.05) is 26.2 Å². The number of benzene rings is 1. The molecule has 1 saturated heterocycles. The molecule has 1 N–H and O–H groups in total. The largest absolute Gasteiger partial charge is 0.445 e. The van der Waals surface area contributed by atoms with Gasteiger partial charge >= 0.3 is 6.09 Å². The van der Waals surface area contributed by atoms with Crippen LogP contribution < -0.4 is 5.32 Å². The summed E-state index contributed by atoms with van der Waals surface area (Å²) in [4.78, 5) is 22.0. The van der Waals surface area contributed by atoms with E-state index in [0.717, 1.165) is 11.3 Å². The first kappa shape index (κ1) is 17.3. The molecular weight excluding hydrogens is 320 g/mol. The minimum Gasteiger partial charge on any atom is -0.445 e. The molecule has 0 aliphatic carbocycles. The summed E-state index contributed by atoms with van der Waals surface area (Å²) in [5.41, 5.74) is 1.90. The van der Waals surface area contributed by atoms with Crippen LogP contribution in [0.15, 0.2) is 48.9 Å². The first-order chi connectivity index (χ1) is 12.3. The molecule has 0 saturated carbocycles. The van der Waals surface area contributed by atoms with Gasteiger partial charge in [-0.2, -0.15) is 0 Å². The van der Waals surface area contributed by atoms with E-state index >= 15 is 0 Å². The number of aromatic nitrogens is 2. The smallest absolute Gasteiger partial charge is 0.410 e. The average Bonchev–Trinajstić information content (AvgIpc) is 2.68. The summed E-state index contributed by atoms with van der Waals surface area (Å²) in [6, 6.07) is 11.5. The monoisotopic (exact) mass is 342 g/mol. The third kappa shape index (κ3) is 5.51. The van der Waals surface area contributed by atoms with Crippen molar-refractivity contribution in [2.45, 2.75) is 19.3 Å². The molecule has 1 atom stereocenters. The normalized spacial score (nSPS) is 17.3. The van der Waals surface area contributed by atoms with Crippen LogP contribution in [0.3, 0.4) is 0 Å². The Morgan fingerprint density at radius 1 is 1.32 bits per heavy atom. The van der Waals surface area contributed by atoms with Gasteiger partial charge in [0.15, 0.2) is 0 Å². The Balaban J connectivity index is 1.40. The van der Waals surface area contributed by atoms with Gasteiger partial charge in [0, 0.05) is 25.8 Å². The highest BCUT2D eigenvalue weighted by Crippen LogP contribution is 2.09. The van der Waals surface area contributed by atoms with Gasteiger partial charge in [0.05, 0.1) is 24.9 Å². The molecule has 1 amide bonds. The Labute approximate surface area is 147 Å². The van der Waals surface area contributed by atoms with E-state index in [1.54, 1.807) is 11.1 Å². The Morgan fingerprint density at radius 3 is 3.00 bits per heavy atom. The second-order valence-corrected chi connectivity index (χ2v) is 5.81. The number of rotatable bonds is 6. The Kier molecular flexibility index (Phi) is 6.30. The van der Waals surface area contributed by atoms with Crippen LogP contribution in [0.2, 0.25) is 0 Å². The predicted molar refractivity (Wildman–Crippen MR) is 91.7 cm³/mol. The third-order valence-electron chi connectivity index (χ3n) is 3.92. The van der Waals surface area contributed by atoms with E-state index in [9.17, 15) is 4.79 Å². The van der Waals surface area contributed by atoms with E-state index in [1.807, 2.05) is 36.4 Å². The molecule has 132 valence electrons. The summed E-state index contributed by atoms with van der Waals surface area (Å²) in [6.45, 7) is 3.15. The van der Waals surface area contributed by atoms with E-state index in [2.05, 4.69) is 15.3 Å². The lowest BCUT2D eigenvalue weighted by Gasteiger charge is -2.32. The van der Waals surface area contributed by atoms with Gasteiger partial charge in [0.25, 0.3) is 0 Å². The quantitative estimate of drug-likeness (QED) is 0.859. The van der Waals surface area contributed by atoms with E-state index in [1.165, 1.54) is 6.33 Å². The van der Waals surface area contributed by atoms with E-state index < -0.39 is 0 Å². The van der Waals surface area contributed by atoms with Crippen LogP contribution in [-0.2, 0) is 22.6 Å². The van der Waals surface area contributed by atoms with Crippen LogP contribution in [0.1, 0.15) is 11.3 Å². The molecule has 7 heteroatoms. The van der Waals surface area contributed by atoms with Crippen molar-refractivity contribution in [1.82, 2.24) is 20.2 Å². The number of hydrogen-bond acceptors (Lipinski definition) is 6. The number of hydrogen-bond donors (Lipinski definition) is 1. The molecular formula is C18H22N4O3. The Bertz CT molecular complexity index is 654. The highest BCUT2D eigenvalue weighted by atomic mass is 16.6. The zero-order valence-corrected chi connectivity index (χ0v) is 14.0. The van der Waals surface area contributed by atoms with E-state index in [4.69, 9.17) is 9.47 Å². The van der Waals surface area contributed by atoms with Crippen LogP contribution >= 0.6 is 0 Å². The summed E-state index contributed by atoms with van der Waals surface area (Å²) in [5.74, 6) is 0. The van der Waals surface area contributed by atoms with Crippen molar-refractivity contribution < 1.29 is 14.3 Å². The van der Waals surface area contributed by atoms with E-state index in [-0.39, 0.29) is 18.8 Å². The minimum absolute atomic E-state index is 0.0557. The highest BCUT2D eigenvalue weighted by Gasteiger charge is 2.25. The predicted octanol–water partition coefficient (Wildman–Crippen LogP) is 1.60. The summed E-state index contributed by atoms with van der Waals surface area (Å²) in [5, 5.41) is 3.29. The molecule has 1 unspecified atom stereocenters. The molecule has 1 aliphatic heterocycles. The molecule has 1 fully saturated rings. The average molecular weight is 342 g/mol. The zero-order valence-electron chi connectivity index (χ0n) is 14.0. The zero-order chi connectivity index (χ0) is 17.3. The topological polar surface area (TPSA) is 76.6 Å². The fourth-order valence-electron chi connectivity index (χ4n) is 2.60. The Hall–Kier alpha value is -2.51. The molecule has 1 aromatic carbocycles. The number of amides is 1. The molecule has 3 rings (SSSR count). The van der Waals surface area contributed by atoms with Gasteiger partial charge in [-0.1, -0.05) is 30.3 Å². The van der Waals surface area contributed by atoms with Gasteiger partial charge < -0.3 is 19.7 Å². The second-order valence-electron chi connectivity index (χ2n) is 5.81. The lowest BCUT2D eigenvalue weighted by atomic mass is 10.2.